The first kappa shape index (κ1) is 39.4. The fourth-order valence-electron chi connectivity index (χ4n) is 6.75. The molecule has 13 heteroatoms. The van der Waals surface area contributed by atoms with Crippen LogP contribution in [-0.4, -0.2) is 103 Å². The van der Waals surface area contributed by atoms with Crippen LogP contribution >= 0.6 is 34.8 Å². The molecule has 0 radical (unpaired) electrons. The molecule has 10 nitrogen and oxygen atoms in total. The van der Waals surface area contributed by atoms with Crippen molar-refractivity contribution in [2.45, 2.75) is 45.7 Å². The molecule has 0 spiro atoms. The molecule has 3 aromatic rings. The number of hydrogen-bond donors (Lipinski definition) is 0. The molecule has 2 fully saturated rings. The summed E-state index contributed by atoms with van der Waals surface area (Å²) in [6.07, 6.45) is 0. The van der Waals surface area contributed by atoms with Crippen molar-refractivity contribution in [3.63, 3.8) is 0 Å². The first-order chi connectivity index (χ1) is 24.5. The summed E-state index contributed by atoms with van der Waals surface area (Å²) in [6, 6.07) is 19.5. The fourth-order valence-corrected chi connectivity index (χ4v) is 7.40. The van der Waals surface area contributed by atoms with Gasteiger partial charge in [0.05, 0.1) is 49.5 Å². The Kier molecular flexibility index (Phi) is 12.8. The van der Waals surface area contributed by atoms with Crippen molar-refractivity contribution in [2.24, 2.45) is 4.99 Å². The average molecular weight is 768 g/mol. The minimum Gasteiger partial charge on any atom is -0.493 e. The van der Waals surface area contributed by atoms with Gasteiger partial charge in [0.2, 0.25) is 5.91 Å². The van der Waals surface area contributed by atoms with Gasteiger partial charge in [-0.15, -0.1) is 0 Å². The Morgan fingerprint density at radius 2 is 1.50 bits per heavy atom. The highest BCUT2D eigenvalue weighted by molar-refractivity contribution is 6.32. The van der Waals surface area contributed by atoms with E-state index < -0.39 is 17.5 Å². The average Bonchev–Trinajstić information content (AvgIpc) is 3.53. The zero-order valence-electron chi connectivity index (χ0n) is 28.9. The van der Waals surface area contributed by atoms with Gasteiger partial charge in [-0.05, 0) is 73.9 Å². The van der Waals surface area contributed by atoms with E-state index in [1.807, 2.05) is 65.3 Å². The van der Waals surface area contributed by atoms with E-state index in [0.717, 1.165) is 11.1 Å². The van der Waals surface area contributed by atoms with Crippen LogP contribution in [0.1, 0.15) is 62.5 Å². The van der Waals surface area contributed by atoms with Crippen molar-refractivity contribution in [1.82, 2.24) is 19.6 Å². The van der Waals surface area contributed by atoms with E-state index in [1.54, 1.807) is 30.9 Å². The number of halogens is 3. The van der Waals surface area contributed by atoms with Gasteiger partial charge in [0.1, 0.15) is 17.6 Å². The van der Waals surface area contributed by atoms with E-state index in [-0.39, 0.29) is 19.4 Å². The largest absolute Gasteiger partial charge is 0.493 e. The van der Waals surface area contributed by atoms with Gasteiger partial charge in [-0.25, -0.2) is 4.79 Å². The SMILES string of the molecule is C.CCOc1cc(C(C)(C)C#N)c(Cl)cc1C1=N[C@@H](c2ccc(Cl)cc2)[C@@H](c2ccc(Cl)cc2)N1C(=O)N1CCN(CC(=O)N2CCOCC2)CC1. The number of morpholine rings is 1. The van der Waals surface area contributed by atoms with Gasteiger partial charge in [0, 0.05) is 54.3 Å². The number of nitrogens with zero attached hydrogens (tertiary/aromatic N) is 6. The lowest BCUT2D eigenvalue weighted by Crippen LogP contribution is -2.56. The maximum atomic E-state index is 15.0. The normalized spacial score (nSPS) is 19.5. The molecule has 6 rings (SSSR count). The molecule has 52 heavy (non-hydrogen) atoms. The maximum absolute atomic E-state index is 15.0. The van der Waals surface area contributed by atoms with Crippen LogP contribution in [0.4, 0.5) is 4.79 Å². The topological polar surface area (TPSA) is 102 Å². The molecular formula is C39H45Cl3N6O4. The van der Waals surface area contributed by atoms with Crippen molar-refractivity contribution in [3.05, 3.63) is 98.0 Å². The Labute approximate surface area is 321 Å². The molecule has 3 heterocycles. The quantitative estimate of drug-likeness (QED) is 0.234. The standard InChI is InChI=1S/C38H41Cl3N6O4.CH4/c1-4-51-32-22-30(38(2,3)24-42)31(41)21-29(32)36-43-34(25-5-9-27(39)10-6-25)35(26-7-11-28(40)12-8-26)47(36)37(49)46-15-13-44(14-16-46)23-33(48)45-17-19-50-20-18-45;/h5-12,21-22,34-35H,4,13-20,23H2,1-3H3;1H4/t34-,35+;/m0./s1. The van der Waals surface area contributed by atoms with Crippen LogP contribution in [0, 0.1) is 11.3 Å². The van der Waals surface area contributed by atoms with Gasteiger partial charge in [0.25, 0.3) is 0 Å². The second kappa shape index (κ2) is 16.9. The van der Waals surface area contributed by atoms with Crippen molar-refractivity contribution < 1.29 is 19.1 Å². The van der Waals surface area contributed by atoms with Crippen LogP contribution in [0.5, 0.6) is 5.75 Å². The summed E-state index contributed by atoms with van der Waals surface area (Å²) in [5.74, 6) is 0.940. The Morgan fingerprint density at radius 3 is 2.08 bits per heavy atom. The summed E-state index contributed by atoms with van der Waals surface area (Å²) in [5, 5.41) is 11.5. The van der Waals surface area contributed by atoms with Crippen molar-refractivity contribution in [3.8, 4) is 11.8 Å². The number of nitriles is 1. The number of piperazine rings is 1. The minimum atomic E-state index is -0.894. The minimum absolute atomic E-state index is 0. The van der Waals surface area contributed by atoms with Gasteiger partial charge in [-0.2, -0.15) is 5.26 Å². The van der Waals surface area contributed by atoms with Gasteiger partial charge in [-0.1, -0.05) is 66.5 Å². The van der Waals surface area contributed by atoms with E-state index >= 15 is 0 Å². The molecule has 0 aliphatic carbocycles. The molecule has 0 bridgehead atoms. The number of urea groups is 1. The molecule has 0 aromatic heterocycles. The van der Waals surface area contributed by atoms with Gasteiger partial charge >= 0.3 is 6.03 Å². The lowest BCUT2D eigenvalue weighted by molar-refractivity contribution is -0.136. The van der Waals surface area contributed by atoms with E-state index in [9.17, 15) is 14.9 Å². The summed E-state index contributed by atoms with van der Waals surface area (Å²) >= 11 is 19.6. The number of aliphatic imine (C=N–C) groups is 1. The summed E-state index contributed by atoms with van der Waals surface area (Å²) < 4.78 is 11.6. The number of benzene rings is 3. The highest BCUT2D eigenvalue weighted by Gasteiger charge is 2.45. The van der Waals surface area contributed by atoms with Crippen LogP contribution in [-0.2, 0) is 14.9 Å². The third-order valence-corrected chi connectivity index (χ3v) is 10.4. The molecule has 3 aromatic carbocycles. The van der Waals surface area contributed by atoms with Crippen LogP contribution in [0.2, 0.25) is 15.1 Å². The molecule has 2 atom stereocenters. The molecule has 2 saturated heterocycles. The van der Waals surface area contributed by atoms with Crippen LogP contribution in [0.15, 0.2) is 65.7 Å². The molecule has 0 unspecified atom stereocenters. The molecule has 3 aliphatic rings. The van der Waals surface area contributed by atoms with Crippen LogP contribution in [0.25, 0.3) is 0 Å². The predicted molar refractivity (Wildman–Crippen MR) is 206 cm³/mol. The number of hydrogen-bond acceptors (Lipinski definition) is 7. The summed E-state index contributed by atoms with van der Waals surface area (Å²) in [5.41, 5.74) is 1.96. The van der Waals surface area contributed by atoms with Crippen molar-refractivity contribution in [1.29, 1.82) is 5.26 Å². The highest BCUT2D eigenvalue weighted by atomic mass is 35.5. The lowest BCUT2D eigenvalue weighted by atomic mass is 9.85. The smallest absolute Gasteiger partial charge is 0.326 e. The third kappa shape index (κ3) is 8.35. The van der Waals surface area contributed by atoms with Crippen LogP contribution in [0.3, 0.4) is 0 Å². The maximum Gasteiger partial charge on any atom is 0.326 e. The molecule has 0 saturated carbocycles. The van der Waals surface area contributed by atoms with E-state index in [1.165, 1.54) is 0 Å². The lowest BCUT2D eigenvalue weighted by Gasteiger charge is -2.39. The molecule has 3 amide bonds. The van der Waals surface area contributed by atoms with E-state index in [0.29, 0.717) is 103 Å². The van der Waals surface area contributed by atoms with E-state index in [4.69, 9.17) is 49.3 Å². The second-order valence-corrected chi connectivity index (χ2v) is 14.6. The summed E-state index contributed by atoms with van der Waals surface area (Å²) in [7, 11) is 0. The monoisotopic (exact) mass is 766 g/mol. The Balaban J connectivity index is 0.00000523. The fraction of sp³-hybridized carbons (Fsp3) is 0.436. The first-order valence-electron chi connectivity index (χ1n) is 17.1. The number of amides is 3. The number of carbonyl (C=O) groups excluding carboxylic acids is 2. The van der Waals surface area contributed by atoms with Crippen molar-refractivity contribution in [2.75, 3.05) is 65.6 Å². The molecule has 3 aliphatic heterocycles. The summed E-state index contributed by atoms with van der Waals surface area (Å²) in [6.45, 7) is 10.3. The van der Waals surface area contributed by atoms with E-state index in [2.05, 4.69) is 11.0 Å². The summed E-state index contributed by atoms with van der Waals surface area (Å²) in [4.78, 5) is 40.7. The molecular weight excluding hydrogens is 723 g/mol. The number of ether oxygens (including phenoxy) is 2. The van der Waals surface area contributed by atoms with Crippen LogP contribution < -0.4 is 4.74 Å². The predicted octanol–water partition coefficient (Wildman–Crippen LogP) is 7.62. The Hall–Kier alpha value is -3.85. The zero-order chi connectivity index (χ0) is 36.3. The number of rotatable bonds is 8. The Morgan fingerprint density at radius 1 is 0.904 bits per heavy atom. The molecule has 276 valence electrons. The van der Waals surface area contributed by atoms with Crippen molar-refractivity contribution >= 4 is 52.6 Å². The Bertz CT molecular complexity index is 1820. The first-order valence-corrected chi connectivity index (χ1v) is 18.3. The van der Waals surface area contributed by atoms with Gasteiger partial charge < -0.3 is 19.3 Å². The highest BCUT2D eigenvalue weighted by Crippen LogP contribution is 2.46. The third-order valence-electron chi connectivity index (χ3n) is 9.62. The van der Waals surface area contributed by atoms with Gasteiger partial charge in [0.15, 0.2) is 0 Å². The second-order valence-electron chi connectivity index (χ2n) is 13.4. The zero-order valence-corrected chi connectivity index (χ0v) is 31.2. The number of carbonyl (C=O) groups is 2. The van der Waals surface area contributed by atoms with Gasteiger partial charge in [-0.3, -0.25) is 19.6 Å². The number of amidine groups is 1. The molecule has 0 N–H and O–H groups in total.